The molecule has 0 aliphatic rings. The van der Waals surface area contributed by atoms with Crippen molar-refractivity contribution >= 4 is 19.9 Å². The van der Waals surface area contributed by atoms with Gasteiger partial charge in [-0.2, -0.15) is 21.6 Å². The van der Waals surface area contributed by atoms with Crippen LogP contribution in [0.3, 0.4) is 0 Å². The molecule has 60 valence electrons. The molecule has 0 aliphatic carbocycles. The van der Waals surface area contributed by atoms with Gasteiger partial charge >= 0.3 is 15.6 Å². The maximum Gasteiger partial charge on any atom is 0.522 e. The van der Waals surface area contributed by atoms with Crippen LogP contribution in [0, 0.1) is 0 Å². The Bertz CT molecular complexity index is 194. The Morgan fingerprint density at radius 2 is 1.80 bits per heavy atom. The third kappa shape index (κ3) is 2.27. The topological polar surface area (TPSA) is 43.4 Å². The average molecular weight is 192 g/mol. The van der Waals surface area contributed by atoms with E-state index in [0.717, 1.165) is 0 Å². The molecule has 0 fully saturated rings. The van der Waals surface area contributed by atoms with Crippen LogP contribution >= 0.6 is 0 Å². The van der Waals surface area contributed by atoms with Gasteiger partial charge in [0, 0.05) is 0 Å². The van der Waals surface area contributed by atoms with Gasteiger partial charge < -0.3 is 3.87 Å². The molecule has 0 bridgehead atoms. The van der Waals surface area contributed by atoms with Crippen molar-refractivity contribution in [1.82, 2.24) is 0 Å². The minimum atomic E-state index is -5.34. The summed E-state index contributed by atoms with van der Waals surface area (Å²) >= 11 is 0. The average Bonchev–Trinajstić information content (AvgIpc) is 1.61. The quantitative estimate of drug-likeness (QED) is 0.473. The third-order valence-electron chi connectivity index (χ3n) is 0.477. The van der Waals surface area contributed by atoms with Crippen LogP contribution in [-0.2, 0) is 14.0 Å². The lowest BCUT2D eigenvalue weighted by atomic mass is 11.6. The van der Waals surface area contributed by atoms with Crippen molar-refractivity contribution in [3.8, 4) is 0 Å². The summed E-state index contributed by atoms with van der Waals surface area (Å²) in [5.74, 6) is 0. The molecule has 3 nitrogen and oxygen atoms in total. The number of hydrogen-bond acceptors (Lipinski definition) is 3. The van der Waals surface area contributed by atoms with E-state index in [1.54, 1.807) is 0 Å². The summed E-state index contributed by atoms with van der Waals surface area (Å²) in [4.78, 5) is 0. The first-order valence-electron chi connectivity index (χ1n) is 1.98. The summed E-state index contributed by atoms with van der Waals surface area (Å²) in [5.41, 5.74) is -5.30. The van der Waals surface area contributed by atoms with Gasteiger partial charge in [-0.05, 0) is 6.55 Å². The second kappa shape index (κ2) is 2.89. The fraction of sp³-hybridized carbons (Fsp3) is 1.00. The molecule has 0 spiro atoms. The van der Waals surface area contributed by atoms with Crippen LogP contribution in [0.5, 0.6) is 0 Å². The van der Waals surface area contributed by atoms with Gasteiger partial charge in [-0.25, -0.2) is 0 Å². The first-order chi connectivity index (χ1) is 4.31. The molecule has 0 saturated carbocycles. The Labute approximate surface area is 58.2 Å². The molecule has 2 radical (unpaired) electrons. The number of rotatable bonds is 2. The van der Waals surface area contributed by atoms with Gasteiger partial charge in [-0.15, -0.1) is 0 Å². The lowest BCUT2D eigenvalue weighted by molar-refractivity contribution is -0.0499. The Balaban J connectivity index is 4.44. The van der Waals surface area contributed by atoms with Crippen LogP contribution in [0.15, 0.2) is 0 Å². The molecule has 0 N–H and O–H groups in total. The first-order valence-corrected chi connectivity index (χ1v) is 4.79. The second-order valence-corrected chi connectivity index (χ2v) is 3.63. The van der Waals surface area contributed by atoms with Crippen LogP contribution in [0.4, 0.5) is 13.2 Å². The smallest absolute Gasteiger partial charge is 0.310 e. The first kappa shape index (κ1) is 9.92. The normalized spacial score (nSPS) is 13.6. The van der Waals surface area contributed by atoms with Gasteiger partial charge in [0.15, 0.2) is 0 Å². The summed E-state index contributed by atoms with van der Waals surface area (Å²) in [6, 6.07) is 0. The van der Waals surface area contributed by atoms with Gasteiger partial charge in [0.2, 0.25) is 0 Å². The van der Waals surface area contributed by atoms with E-state index in [2.05, 4.69) is 3.87 Å². The predicted molar refractivity (Wildman–Crippen MR) is 27.7 cm³/mol. The predicted octanol–water partition coefficient (Wildman–Crippen LogP) is 0.520. The highest BCUT2D eigenvalue weighted by atomic mass is 32.2. The minimum Gasteiger partial charge on any atom is -0.310 e. The van der Waals surface area contributed by atoms with Crippen molar-refractivity contribution < 1.29 is 25.5 Å². The molecular formula is C2H3F3O3SSi. The molecular weight excluding hydrogens is 189 g/mol. The van der Waals surface area contributed by atoms with Gasteiger partial charge in [0.25, 0.3) is 9.76 Å². The Morgan fingerprint density at radius 1 is 1.40 bits per heavy atom. The van der Waals surface area contributed by atoms with Crippen molar-refractivity contribution in [3.63, 3.8) is 0 Å². The zero-order chi connectivity index (χ0) is 8.41. The minimum absolute atomic E-state index is 0.725. The molecule has 0 amide bonds. The monoisotopic (exact) mass is 192 g/mol. The second-order valence-electron chi connectivity index (χ2n) is 1.19. The molecule has 0 unspecified atom stereocenters. The summed E-state index contributed by atoms with van der Waals surface area (Å²) in [6.07, 6.45) is 0. The lowest BCUT2D eigenvalue weighted by Crippen LogP contribution is -2.26. The number of alkyl halides is 3. The van der Waals surface area contributed by atoms with Crippen LogP contribution in [0.2, 0.25) is 6.55 Å². The zero-order valence-corrected chi connectivity index (χ0v) is 6.58. The van der Waals surface area contributed by atoms with Gasteiger partial charge in [-0.3, -0.25) is 0 Å². The van der Waals surface area contributed by atoms with Gasteiger partial charge in [-0.1, -0.05) is 0 Å². The maximum absolute atomic E-state index is 11.3. The van der Waals surface area contributed by atoms with Crippen LogP contribution < -0.4 is 0 Å². The highest BCUT2D eigenvalue weighted by Gasteiger charge is 2.46. The van der Waals surface area contributed by atoms with Crippen molar-refractivity contribution in [2.45, 2.75) is 12.1 Å². The lowest BCUT2D eigenvalue weighted by Gasteiger charge is -2.04. The molecule has 0 atom stereocenters. The van der Waals surface area contributed by atoms with Crippen LogP contribution in [0.1, 0.15) is 0 Å². The van der Waals surface area contributed by atoms with E-state index < -0.39 is 25.4 Å². The van der Waals surface area contributed by atoms with E-state index in [1.807, 2.05) is 0 Å². The molecule has 0 aromatic carbocycles. The number of hydrogen-bond donors (Lipinski definition) is 0. The fourth-order valence-corrected chi connectivity index (χ4v) is 1.41. The van der Waals surface area contributed by atoms with E-state index >= 15 is 0 Å². The fourth-order valence-electron chi connectivity index (χ4n) is 0.157. The molecule has 0 aromatic heterocycles. The highest BCUT2D eigenvalue weighted by Crippen LogP contribution is 2.23. The third-order valence-corrected chi connectivity index (χ3v) is 2.59. The largest absolute Gasteiger partial charge is 0.522 e. The molecule has 0 aromatic rings. The van der Waals surface area contributed by atoms with Gasteiger partial charge in [0.05, 0.1) is 0 Å². The van der Waals surface area contributed by atoms with Crippen molar-refractivity contribution in [3.05, 3.63) is 0 Å². The molecule has 8 heteroatoms. The Kier molecular flexibility index (Phi) is 2.86. The van der Waals surface area contributed by atoms with E-state index in [1.165, 1.54) is 6.55 Å². The van der Waals surface area contributed by atoms with Crippen molar-refractivity contribution in [2.24, 2.45) is 0 Å². The summed E-state index contributed by atoms with van der Waals surface area (Å²) in [7, 11) is -6.06. The van der Waals surface area contributed by atoms with Crippen LogP contribution in [-0.4, -0.2) is 23.7 Å². The molecule has 0 aliphatic heterocycles. The molecule has 0 heterocycles. The summed E-state index contributed by atoms with van der Waals surface area (Å²) < 4.78 is 57.2. The Hall–Kier alpha value is -0.0831. The SMILES string of the molecule is C[Si]OS(=O)(=O)C(F)(F)F. The number of halogens is 3. The van der Waals surface area contributed by atoms with E-state index in [4.69, 9.17) is 0 Å². The zero-order valence-electron chi connectivity index (χ0n) is 4.77. The van der Waals surface area contributed by atoms with E-state index in [0.29, 0.717) is 0 Å². The Morgan fingerprint density at radius 3 is 1.90 bits per heavy atom. The molecule has 0 rings (SSSR count). The highest BCUT2D eigenvalue weighted by molar-refractivity contribution is 7.88. The van der Waals surface area contributed by atoms with E-state index in [9.17, 15) is 21.6 Å². The van der Waals surface area contributed by atoms with E-state index in [-0.39, 0.29) is 0 Å². The maximum atomic E-state index is 11.3. The van der Waals surface area contributed by atoms with Crippen molar-refractivity contribution in [2.75, 3.05) is 0 Å². The van der Waals surface area contributed by atoms with Crippen LogP contribution in [0.25, 0.3) is 0 Å². The van der Waals surface area contributed by atoms with Gasteiger partial charge in [0.1, 0.15) is 0 Å². The summed E-state index contributed by atoms with van der Waals surface area (Å²) in [6.45, 7) is 1.18. The summed E-state index contributed by atoms with van der Waals surface area (Å²) in [5, 5.41) is 0. The standard InChI is InChI=1S/C2H3F3O3SSi/c1-10-8-9(6,7)2(3,4)5/h1H3. The molecule has 0 saturated heterocycles. The molecule has 10 heavy (non-hydrogen) atoms. The van der Waals surface area contributed by atoms with Crippen molar-refractivity contribution in [1.29, 1.82) is 0 Å².